The number of hydrogen-bond donors (Lipinski definition) is 2. The van der Waals surface area contributed by atoms with Crippen LogP contribution in [0, 0.1) is 0 Å². The van der Waals surface area contributed by atoms with E-state index in [1.807, 2.05) is 53.4 Å². The zero-order valence-corrected chi connectivity index (χ0v) is 13.2. The summed E-state index contributed by atoms with van der Waals surface area (Å²) in [7, 11) is 0. The fraction of sp³-hybridized carbons (Fsp3) is 0.316. The van der Waals surface area contributed by atoms with Gasteiger partial charge in [0, 0.05) is 17.9 Å². The average Bonchev–Trinajstić information content (AvgIpc) is 2.62. The molecular weight excluding hydrogens is 288 g/mol. The molecule has 1 aliphatic heterocycles. The van der Waals surface area contributed by atoms with Crippen LogP contribution in [-0.2, 0) is 4.79 Å². The van der Waals surface area contributed by atoms with Crippen LogP contribution in [0.1, 0.15) is 23.5 Å². The number of amides is 1. The van der Waals surface area contributed by atoms with Crippen molar-refractivity contribution in [3.63, 3.8) is 0 Å². The van der Waals surface area contributed by atoms with Crippen LogP contribution in [0.3, 0.4) is 0 Å². The number of carbonyl (C=O) groups excluding carboxylic acids is 1. The topological polar surface area (TPSA) is 57.1 Å². The number of rotatable bonds is 4. The maximum Gasteiger partial charge on any atom is 0.223 e. The Morgan fingerprint density at radius 3 is 2.39 bits per heavy atom. The van der Waals surface area contributed by atoms with Gasteiger partial charge >= 0.3 is 0 Å². The third kappa shape index (κ3) is 3.71. The van der Waals surface area contributed by atoms with E-state index in [9.17, 15) is 9.90 Å². The first-order chi connectivity index (χ1) is 11.3. The second-order valence-corrected chi connectivity index (χ2v) is 5.97. The minimum Gasteiger partial charge on any atom is -0.508 e. The summed E-state index contributed by atoms with van der Waals surface area (Å²) in [6.45, 7) is 3.55. The molecule has 4 nitrogen and oxygen atoms in total. The highest BCUT2D eigenvalue weighted by molar-refractivity contribution is 5.78. The molecule has 1 heterocycles. The van der Waals surface area contributed by atoms with Crippen LogP contribution in [-0.4, -0.2) is 42.1 Å². The van der Waals surface area contributed by atoms with Crippen molar-refractivity contribution in [2.75, 3.05) is 26.2 Å². The summed E-state index contributed by atoms with van der Waals surface area (Å²) < 4.78 is 0. The number of carbonyl (C=O) groups is 1. The smallest absolute Gasteiger partial charge is 0.223 e. The van der Waals surface area contributed by atoms with Gasteiger partial charge in [0.25, 0.3) is 0 Å². The van der Waals surface area contributed by atoms with Crippen molar-refractivity contribution >= 4 is 5.91 Å². The van der Waals surface area contributed by atoms with E-state index in [0.29, 0.717) is 6.42 Å². The molecule has 2 aromatic carbocycles. The lowest BCUT2D eigenvalue weighted by Gasteiger charge is -2.27. The molecule has 1 amide bonds. The van der Waals surface area contributed by atoms with Crippen LogP contribution in [0.15, 0.2) is 54.6 Å². The molecule has 0 aliphatic carbocycles. The first-order valence-corrected chi connectivity index (χ1v) is 8.18. The Balaban J connectivity index is 1.87. The van der Waals surface area contributed by atoms with Gasteiger partial charge < -0.3 is 15.3 Å². The molecular formula is C19H23N2O2+. The Morgan fingerprint density at radius 2 is 1.70 bits per heavy atom. The molecule has 0 saturated carbocycles. The number of phenols is 1. The van der Waals surface area contributed by atoms with Crippen LogP contribution in [0.25, 0.3) is 0 Å². The summed E-state index contributed by atoms with van der Waals surface area (Å²) in [5.74, 6) is 0.298. The zero-order chi connectivity index (χ0) is 16.1. The fourth-order valence-corrected chi connectivity index (χ4v) is 3.18. The molecule has 0 aromatic heterocycles. The van der Waals surface area contributed by atoms with Crippen molar-refractivity contribution in [1.82, 2.24) is 4.90 Å². The highest BCUT2D eigenvalue weighted by Gasteiger charge is 2.25. The van der Waals surface area contributed by atoms with E-state index in [1.165, 1.54) is 0 Å². The van der Waals surface area contributed by atoms with Crippen molar-refractivity contribution in [3.05, 3.63) is 65.7 Å². The highest BCUT2D eigenvalue weighted by atomic mass is 16.3. The van der Waals surface area contributed by atoms with E-state index in [1.54, 1.807) is 6.07 Å². The van der Waals surface area contributed by atoms with Gasteiger partial charge in [0.1, 0.15) is 5.75 Å². The summed E-state index contributed by atoms with van der Waals surface area (Å²) in [5.41, 5.74) is 1.88. The van der Waals surface area contributed by atoms with Crippen molar-refractivity contribution < 1.29 is 15.2 Å². The first kappa shape index (κ1) is 15.6. The largest absolute Gasteiger partial charge is 0.508 e. The lowest BCUT2D eigenvalue weighted by Crippen LogP contribution is -2.89. The van der Waals surface area contributed by atoms with Crippen LogP contribution in [0.5, 0.6) is 5.75 Å². The number of benzene rings is 2. The molecule has 23 heavy (non-hydrogen) atoms. The fourth-order valence-electron chi connectivity index (χ4n) is 3.18. The molecule has 2 aromatic rings. The van der Waals surface area contributed by atoms with E-state index in [4.69, 9.17) is 0 Å². The molecule has 0 bridgehead atoms. The van der Waals surface area contributed by atoms with Gasteiger partial charge in [-0.15, -0.1) is 0 Å². The molecule has 0 spiro atoms. The third-order valence-corrected chi connectivity index (χ3v) is 4.45. The summed E-state index contributed by atoms with van der Waals surface area (Å²) in [6.07, 6.45) is 0.390. The van der Waals surface area contributed by atoms with E-state index in [2.05, 4.69) is 5.32 Å². The standard InChI is InChI=1S/C19H22N2O2/c22-18-9-5-4-8-16(18)17(15-6-2-1-3-7-15)14-19(23)21-12-10-20-11-13-21/h1-9,17,20,22H,10-14H2/p+1/t17-/m0/s1. The SMILES string of the molecule is O=C(C[C@@H](c1ccccc1)c1ccccc1O)N1CC[NH2+]CC1. The predicted molar refractivity (Wildman–Crippen MR) is 89.2 cm³/mol. The summed E-state index contributed by atoms with van der Waals surface area (Å²) in [5, 5.41) is 12.5. The summed E-state index contributed by atoms with van der Waals surface area (Å²) >= 11 is 0. The van der Waals surface area contributed by atoms with Gasteiger partial charge in [-0.05, 0) is 11.6 Å². The number of piperazine rings is 1. The van der Waals surface area contributed by atoms with Gasteiger partial charge in [-0.25, -0.2) is 0 Å². The lowest BCUT2D eigenvalue weighted by atomic mass is 9.87. The number of nitrogens with two attached hydrogens (primary N) is 1. The molecule has 120 valence electrons. The van der Waals surface area contributed by atoms with Crippen LogP contribution >= 0.6 is 0 Å². The molecule has 4 heteroatoms. The van der Waals surface area contributed by atoms with Crippen LogP contribution < -0.4 is 5.32 Å². The molecule has 3 N–H and O–H groups in total. The van der Waals surface area contributed by atoms with Crippen molar-refractivity contribution in [2.45, 2.75) is 12.3 Å². The monoisotopic (exact) mass is 311 g/mol. The van der Waals surface area contributed by atoms with E-state index >= 15 is 0 Å². The van der Waals surface area contributed by atoms with Crippen molar-refractivity contribution in [3.8, 4) is 5.75 Å². The Labute approximate surface area is 136 Å². The average molecular weight is 311 g/mol. The summed E-state index contributed by atoms with van der Waals surface area (Å²) in [6, 6.07) is 17.3. The van der Waals surface area contributed by atoms with Gasteiger partial charge in [-0.1, -0.05) is 48.5 Å². The third-order valence-electron chi connectivity index (χ3n) is 4.45. The van der Waals surface area contributed by atoms with Gasteiger partial charge in [-0.2, -0.15) is 0 Å². The first-order valence-electron chi connectivity index (χ1n) is 8.18. The number of para-hydroxylation sites is 1. The number of aromatic hydroxyl groups is 1. The van der Waals surface area contributed by atoms with Crippen molar-refractivity contribution in [2.24, 2.45) is 0 Å². The van der Waals surface area contributed by atoms with E-state index < -0.39 is 0 Å². The Morgan fingerprint density at radius 1 is 1.04 bits per heavy atom. The highest BCUT2D eigenvalue weighted by Crippen LogP contribution is 2.34. The maximum absolute atomic E-state index is 12.7. The van der Waals surface area contributed by atoms with Gasteiger partial charge in [0.05, 0.1) is 26.2 Å². The Bertz CT molecular complexity index is 651. The minimum absolute atomic E-state index is 0.115. The Hall–Kier alpha value is -2.33. The number of quaternary nitrogens is 1. The Kier molecular flexibility index (Phi) is 4.93. The molecule has 0 radical (unpaired) electrons. The van der Waals surface area contributed by atoms with Gasteiger partial charge in [0.15, 0.2) is 0 Å². The molecule has 1 saturated heterocycles. The van der Waals surface area contributed by atoms with Gasteiger partial charge in [-0.3, -0.25) is 4.79 Å². The second kappa shape index (κ2) is 7.29. The molecule has 0 unspecified atom stereocenters. The van der Waals surface area contributed by atoms with Crippen LogP contribution in [0.2, 0.25) is 0 Å². The number of hydrogen-bond acceptors (Lipinski definition) is 2. The van der Waals surface area contributed by atoms with Gasteiger partial charge in [0.2, 0.25) is 5.91 Å². The van der Waals surface area contributed by atoms with E-state index in [0.717, 1.165) is 37.3 Å². The lowest BCUT2D eigenvalue weighted by molar-refractivity contribution is -0.662. The van der Waals surface area contributed by atoms with E-state index in [-0.39, 0.29) is 17.6 Å². The normalized spacial score (nSPS) is 16.1. The maximum atomic E-state index is 12.7. The summed E-state index contributed by atoms with van der Waals surface area (Å²) in [4.78, 5) is 14.6. The zero-order valence-electron chi connectivity index (χ0n) is 13.2. The second-order valence-electron chi connectivity index (χ2n) is 5.97. The predicted octanol–water partition coefficient (Wildman–Crippen LogP) is 1.32. The molecule has 1 atom stereocenters. The van der Waals surface area contributed by atoms with Crippen molar-refractivity contribution in [1.29, 1.82) is 0 Å². The number of phenolic OH excluding ortho intramolecular Hbond substituents is 1. The number of nitrogens with zero attached hydrogens (tertiary/aromatic N) is 1. The molecule has 1 fully saturated rings. The molecule has 1 aliphatic rings. The minimum atomic E-state index is -0.115. The van der Waals surface area contributed by atoms with Crippen LogP contribution in [0.4, 0.5) is 0 Å². The quantitative estimate of drug-likeness (QED) is 0.895. The molecule has 3 rings (SSSR count).